The molecule has 1 unspecified atom stereocenters. The maximum absolute atomic E-state index is 13.0. The van der Waals surface area contributed by atoms with E-state index in [1.807, 2.05) is 35.2 Å². The van der Waals surface area contributed by atoms with Gasteiger partial charge < -0.3 is 9.32 Å². The van der Waals surface area contributed by atoms with Crippen LogP contribution in [-0.2, 0) is 12.8 Å². The fourth-order valence-corrected chi connectivity index (χ4v) is 3.97. The molecule has 0 saturated carbocycles. The van der Waals surface area contributed by atoms with Gasteiger partial charge in [-0.15, -0.1) is 0 Å². The Morgan fingerprint density at radius 3 is 3.07 bits per heavy atom. The zero-order chi connectivity index (χ0) is 20.2. The lowest BCUT2D eigenvalue weighted by atomic mass is 10.1. The van der Waals surface area contributed by atoms with Gasteiger partial charge in [0.2, 0.25) is 5.89 Å². The molecule has 1 aliphatic heterocycles. The molecule has 7 heteroatoms. The van der Waals surface area contributed by atoms with E-state index in [1.54, 1.807) is 6.20 Å². The second kappa shape index (κ2) is 8.82. The molecule has 2 aromatic heterocycles. The van der Waals surface area contributed by atoms with Gasteiger partial charge in [-0.2, -0.15) is 5.10 Å². The fourth-order valence-electron chi connectivity index (χ4n) is 3.77. The van der Waals surface area contributed by atoms with E-state index in [-0.39, 0.29) is 11.9 Å². The number of aryl methyl sites for hydroxylation is 1. The minimum absolute atomic E-state index is 0.0719. The molecule has 29 heavy (non-hydrogen) atoms. The van der Waals surface area contributed by atoms with Gasteiger partial charge in [0.05, 0.1) is 6.20 Å². The quantitative estimate of drug-likeness (QED) is 0.595. The number of rotatable bonds is 7. The van der Waals surface area contributed by atoms with Gasteiger partial charge in [0.15, 0.2) is 0 Å². The molecule has 1 amide bonds. The zero-order valence-electron chi connectivity index (χ0n) is 16.5. The highest BCUT2D eigenvalue weighted by molar-refractivity contribution is 6.31. The molecule has 0 bridgehead atoms. The lowest BCUT2D eigenvalue weighted by Crippen LogP contribution is -2.31. The molecule has 3 heterocycles. The van der Waals surface area contributed by atoms with Gasteiger partial charge in [-0.05, 0) is 43.4 Å². The summed E-state index contributed by atoms with van der Waals surface area (Å²) in [5.74, 6) is 1.26. The third kappa shape index (κ3) is 4.37. The van der Waals surface area contributed by atoms with E-state index < -0.39 is 0 Å². The van der Waals surface area contributed by atoms with E-state index in [0.29, 0.717) is 29.6 Å². The number of aromatic nitrogens is 3. The number of hydrogen-bond donors (Lipinski definition) is 1. The molecule has 0 spiro atoms. The summed E-state index contributed by atoms with van der Waals surface area (Å²) in [7, 11) is 0. The van der Waals surface area contributed by atoms with Crippen LogP contribution in [0.3, 0.4) is 0 Å². The van der Waals surface area contributed by atoms with Gasteiger partial charge in [0, 0.05) is 23.7 Å². The van der Waals surface area contributed by atoms with Crippen LogP contribution in [-0.4, -0.2) is 32.5 Å². The molecule has 1 N–H and O–H groups in total. The summed E-state index contributed by atoms with van der Waals surface area (Å²) < 4.78 is 6.01. The molecule has 4 rings (SSSR count). The van der Waals surface area contributed by atoms with Gasteiger partial charge in [-0.1, -0.05) is 43.1 Å². The van der Waals surface area contributed by atoms with Crippen LogP contribution in [0.1, 0.15) is 72.0 Å². The van der Waals surface area contributed by atoms with Crippen LogP contribution in [0.15, 0.2) is 40.9 Å². The minimum Gasteiger partial charge on any atom is -0.443 e. The predicted octanol–water partition coefficient (Wildman–Crippen LogP) is 4.96. The third-order valence-electron chi connectivity index (χ3n) is 5.34. The van der Waals surface area contributed by atoms with Crippen molar-refractivity contribution in [2.24, 2.45) is 0 Å². The van der Waals surface area contributed by atoms with E-state index in [2.05, 4.69) is 22.1 Å². The topological polar surface area (TPSA) is 75.0 Å². The predicted molar refractivity (Wildman–Crippen MR) is 111 cm³/mol. The smallest absolute Gasteiger partial charge is 0.275 e. The van der Waals surface area contributed by atoms with Gasteiger partial charge in [-0.3, -0.25) is 9.89 Å². The average molecular weight is 413 g/mol. The van der Waals surface area contributed by atoms with E-state index in [0.717, 1.165) is 49.1 Å². The van der Waals surface area contributed by atoms with Crippen molar-refractivity contribution in [1.82, 2.24) is 20.1 Å². The van der Waals surface area contributed by atoms with Crippen LogP contribution < -0.4 is 0 Å². The summed E-state index contributed by atoms with van der Waals surface area (Å²) in [6, 6.07) is 9.41. The number of carbonyl (C=O) groups is 1. The molecular formula is C22H25ClN4O2. The average Bonchev–Trinajstić information content (AvgIpc) is 3.48. The normalized spacial score (nSPS) is 16.5. The van der Waals surface area contributed by atoms with E-state index >= 15 is 0 Å². The Kier molecular flexibility index (Phi) is 6.00. The molecule has 0 radical (unpaired) electrons. The number of nitrogens with zero attached hydrogens (tertiary/aromatic N) is 3. The van der Waals surface area contributed by atoms with Gasteiger partial charge in [-0.25, -0.2) is 4.98 Å². The van der Waals surface area contributed by atoms with Crippen LogP contribution in [0.4, 0.5) is 0 Å². The van der Waals surface area contributed by atoms with Crippen molar-refractivity contribution in [3.63, 3.8) is 0 Å². The fraction of sp³-hybridized carbons (Fsp3) is 0.409. The number of H-pyrrole nitrogens is 1. The number of hydrogen-bond acceptors (Lipinski definition) is 4. The summed E-state index contributed by atoms with van der Waals surface area (Å²) in [6.07, 6.45) is 7.16. The van der Waals surface area contributed by atoms with Crippen molar-refractivity contribution in [2.45, 2.75) is 51.5 Å². The van der Waals surface area contributed by atoms with E-state index in [9.17, 15) is 4.79 Å². The Morgan fingerprint density at radius 1 is 1.38 bits per heavy atom. The molecule has 1 fully saturated rings. The first-order valence-corrected chi connectivity index (χ1v) is 10.6. The lowest BCUT2D eigenvalue weighted by Gasteiger charge is -2.21. The van der Waals surface area contributed by atoms with Crippen molar-refractivity contribution in [3.8, 4) is 0 Å². The Balaban J connectivity index is 1.47. The van der Waals surface area contributed by atoms with Crippen molar-refractivity contribution >= 4 is 17.5 Å². The number of benzene rings is 1. The number of aromatic amines is 1. The molecule has 3 aromatic rings. The number of amides is 1. The first-order valence-electron chi connectivity index (χ1n) is 10.2. The number of nitrogens with one attached hydrogen (secondary N) is 1. The van der Waals surface area contributed by atoms with Crippen molar-refractivity contribution in [1.29, 1.82) is 0 Å². The monoisotopic (exact) mass is 412 g/mol. The number of unbranched alkanes of at least 4 members (excludes halogenated alkanes) is 1. The van der Waals surface area contributed by atoms with Crippen molar-refractivity contribution in [2.75, 3.05) is 6.54 Å². The number of likely N-dealkylation sites (tertiary alicyclic amines) is 1. The molecule has 6 nitrogen and oxygen atoms in total. The van der Waals surface area contributed by atoms with Crippen LogP contribution >= 0.6 is 11.6 Å². The minimum atomic E-state index is -0.154. The van der Waals surface area contributed by atoms with Gasteiger partial charge in [0.25, 0.3) is 5.91 Å². The summed E-state index contributed by atoms with van der Waals surface area (Å²) in [6.45, 7) is 2.83. The van der Waals surface area contributed by atoms with Crippen LogP contribution in [0, 0.1) is 0 Å². The highest BCUT2D eigenvalue weighted by Gasteiger charge is 2.34. The standard InChI is InChI=1S/C22H25ClN4O2/c1-2-3-8-16-13-19(26-25-16)22(28)27-11-6-10-20(27)21-24-14-17(29-21)12-15-7-4-5-9-18(15)23/h4-5,7,9,13-14,20H,2-3,6,8,10-12H2,1H3,(H,25,26). The zero-order valence-corrected chi connectivity index (χ0v) is 17.3. The Morgan fingerprint density at radius 2 is 2.24 bits per heavy atom. The Hall–Kier alpha value is -2.60. The Labute approximate surface area is 175 Å². The SMILES string of the molecule is CCCCc1cc(C(=O)N2CCCC2c2ncc(Cc3ccccc3Cl)o2)n[nH]1. The maximum Gasteiger partial charge on any atom is 0.275 e. The van der Waals surface area contributed by atoms with Gasteiger partial charge in [0.1, 0.15) is 17.5 Å². The van der Waals surface area contributed by atoms with Crippen LogP contribution in [0.25, 0.3) is 0 Å². The molecular weight excluding hydrogens is 388 g/mol. The Bertz CT molecular complexity index is 981. The largest absolute Gasteiger partial charge is 0.443 e. The number of oxazole rings is 1. The van der Waals surface area contributed by atoms with Gasteiger partial charge >= 0.3 is 0 Å². The molecule has 1 aliphatic rings. The van der Waals surface area contributed by atoms with Crippen molar-refractivity contribution < 1.29 is 9.21 Å². The molecule has 1 atom stereocenters. The third-order valence-corrected chi connectivity index (χ3v) is 5.71. The van der Waals surface area contributed by atoms with Crippen LogP contribution in [0.2, 0.25) is 5.02 Å². The molecule has 0 aliphatic carbocycles. The number of halogens is 1. The maximum atomic E-state index is 13.0. The summed E-state index contributed by atoms with van der Waals surface area (Å²) in [5.41, 5.74) is 2.46. The molecule has 1 saturated heterocycles. The summed E-state index contributed by atoms with van der Waals surface area (Å²) >= 11 is 6.25. The second-order valence-corrected chi connectivity index (χ2v) is 7.88. The van der Waals surface area contributed by atoms with Crippen LogP contribution in [0.5, 0.6) is 0 Å². The van der Waals surface area contributed by atoms with E-state index in [1.165, 1.54) is 0 Å². The molecule has 1 aromatic carbocycles. The van der Waals surface area contributed by atoms with Crippen molar-refractivity contribution in [3.05, 3.63) is 70.2 Å². The highest BCUT2D eigenvalue weighted by atomic mass is 35.5. The first kappa shape index (κ1) is 19.7. The second-order valence-electron chi connectivity index (χ2n) is 7.47. The summed E-state index contributed by atoms with van der Waals surface area (Å²) in [5, 5.41) is 7.93. The summed E-state index contributed by atoms with van der Waals surface area (Å²) in [4.78, 5) is 19.3. The first-order chi connectivity index (χ1) is 14.2. The highest BCUT2D eigenvalue weighted by Crippen LogP contribution is 2.33. The number of carbonyl (C=O) groups excluding carboxylic acids is 1. The molecule has 152 valence electrons. The lowest BCUT2D eigenvalue weighted by molar-refractivity contribution is 0.0708. The van der Waals surface area contributed by atoms with E-state index in [4.69, 9.17) is 16.0 Å².